The highest BCUT2D eigenvalue weighted by Crippen LogP contribution is 2.32. The first-order valence-electron chi connectivity index (χ1n) is 6.54. The molecule has 0 saturated carbocycles. The molecule has 0 atom stereocenters. The van der Waals surface area contributed by atoms with Crippen molar-refractivity contribution in [2.24, 2.45) is 11.8 Å². The number of halogens is 2. The molecule has 0 fully saturated rings. The number of benzene rings is 1. The number of alkyl halides is 1. The Morgan fingerprint density at radius 2 is 1.61 bits per heavy atom. The van der Waals surface area contributed by atoms with Crippen LogP contribution in [0.2, 0.25) is 5.02 Å². The summed E-state index contributed by atoms with van der Waals surface area (Å²) in [7, 11) is 0. The molecule has 1 nitrogen and oxygen atoms in total. The third-order valence-electron chi connectivity index (χ3n) is 2.70. The topological polar surface area (TPSA) is 3.24 Å². The number of hydrogen-bond acceptors (Lipinski definition) is 1. The minimum atomic E-state index is 0.503. The van der Waals surface area contributed by atoms with Gasteiger partial charge in [0.1, 0.15) is 0 Å². The molecular formula is C15H23Cl2N. The van der Waals surface area contributed by atoms with Gasteiger partial charge in [0, 0.05) is 19.0 Å². The minimum Gasteiger partial charge on any atom is -0.370 e. The fraction of sp³-hybridized carbons (Fsp3) is 0.600. The van der Waals surface area contributed by atoms with Crippen molar-refractivity contribution in [1.82, 2.24) is 0 Å². The lowest BCUT2D eigenvalue weighted by molar-refractivity contribution is 0.552. The van der Waals surface area contributed by atoms with Crippen molar-refractivity contribution in [3.8, 4) is 0 Å². The van der Waals surface area contributed by atoms with Gasteiger partial charge in [-0.05, 0) is 23.5 Å². The van der Waals surface area contributed by atoms with Gasteiger partial charge in [-0.3, -0.25) is 0 Å². The first kappa shape index (κ1) is 15.7. The molecule has 102 valence electrons. The fourth-order valence-electron chi connectivity index (χ4n) is 2.16. The molecule has 0 aliphatic heterocycles. The average molecular weight is 288 g/mol. The van der Waals surface area contributed by atoms with Crippen LogP contribution in [0.15, 0.2) is 18.2 Å². The predicted molar refractivity (Wildman–Crippen MR) is 82.9 cm³/mol. The van der Waals surface area contributed by atoms with Gasteiger partial charge in [-0.25, -0.2) is 0 Å². The number of hydrogen-bond donors (Lipinski definition) is 0. The molecule has 1 aromatic rings. The Hall–Kier alpha value is -0.400. The van der Waals surface area contributed by atoms with Crippen molar-refractivity contribution in [3.05, 3.63) is 28.8 Å². The van der Waals surface area contributed by atoms with Crippen LogP contribution in [0.1, 0.15) is 33.3 Å². The number of anilines is 1. The van der Waals surface area contributed by atoms with E-state index in [4.69, 9.17) is 23.2 Å². The van der Waals surface area contributed by atoms with Crippen molar-refractivity contribution >= 4 is 28.9 Å². The van der Waals surface area contributed by atoms with Crippen LogP contribution in [0.4, 0.5) is 5.69 Å². The summed E-state index contributed by atoms with van der Waals surface area (Å²) in [4.78, 5) is 2.37. The molecule has 0 saturated heterocycles. The molecule has 3 heteroatoms. The lowest BCUT2D eigenvalue weighted by Gasteiger charge is -2.31. The van der Waals surface area contributed by atoms with Gasteiger partial charge in [-0.15, -0.1) is 11.6 Å². The molecule has 0 bridgehead atoms. The Balaban J connectivity index is 3.10. The summed E-state index contributed by atoms with van der Waals surface area (Å²) in [6.07, 6.45) is 0. The van der Waals surface area contributed by atoms with Crippen molar-refractivity contribution in [1.29, 1.82) is 0 Å². The van der Waals surface area contributed by atoms with E-state index in [1.165, 1.54) is 0 Å². The number of nitrogens with zero attached hydrogens (tertiary/aromatic N) is 1. The molecule has 18 heavy (non-hydrogen) atoms. The van der Waals surface area contributed by atoms with E-state index < -0.39 is 0 Å². The lowest BCUT2D eigenvalue weighted by atomic mass is 10.1. The summed E-state index contributed by atoms with van der Waals surface area (Å²) in [5.74, 6) is 1.70. The monoisotopic (exact) mass is 287 g/mol. The molecule has 0 unspecified atom stereocenters. The van der Waals surface area contributed by atoms with Crippen molar-refractivity contribution in [3.63, 3.8) is 0 Å². The zero-order chi connectivity index (χ0) is 13.7. The van der Waals surface area contributed by atoms with Gasteiger partial charge < -0.3 is 4.90 Å². The Kier molecular flexibility index (Phi) is 6.31. The maximum absolute atomic E-state index is 6.37. The largest absolute Gasteiger partial charge is 0.370 e. The van der Waals surface area contributed by atoms with E-state index in [0.717, 1.165) is 29.4 Å². The quantitative estimate of drug-likeness (QED) is 0.650. The third-order valence-corrected chi connectivity index (χ3v) is 3.29. The summed E-state index contributed by atoms with van der Waals surface area (Å²) < 4.78 is 0. The second-order valence-electron chi connectivity index (χ2n) is 5.57. The summed E-state index contributed by atoms with van der Waals surface area (Å²) in [5.41, 5.74) is 2.22. The Bertz CT molecular complexity index is 365. The summed E-state index contributed by atoms with van der Waals surface area (Å²) in [5, 5.41) is 0.800. The summed E-state index contributed by atoms with van der Waals surface area (Å²) in [6.45, 7) is 10.9. The first-order valence-corrected chi connectivity index (χ1v) is 7.45. The molecule has 0 radical (unpaired) electrons. The molecule has 0 aliphatic carbocycles. The van der Waals surface area contributed by atoms with Crippen LogP contribution in [0.25, 0.3) is 0 Å². The fourth-order valence-corrected chi connectivity index (χ4v) is 2.69. The Labute approximate surface area is 121 Å². The molecule has 0 aromatic heterocycles. The van der Waals surface area contributed by atoms with E-state index >= 15 is 0 Å². The van der Waals surface area contributed by atoms with Crippen molar-refractivity contribution in [2.75, 3.05) is 18.0 Å². The zero-order valence-corrected chi connectivity index (χ0v) is 13.2. The molecule has 1 rings (SSSR count). The van der Waals surface area contributed by atoms with Crippen LogP contribution in [-0.4, -0.2) is 13.1 Å². The van der Waals surface area contributed by atoms with Gasteiger partial charge in [0.05, 0.1) is 10.7 Å². The normalized spacial score (nSPS) is 11.3. The Morgan fingerprint density at radius 3 is 2.06 bits per heavy atom. The van der Waals surface area contributed by atoms with Gasteiger partial charge in [-0.1, -0.05) is 51.4 Å². The predicted octanol–water partition coefficient (Wildman–Crippen LogP) is 5.20. The van der Waals surface area contributed by atoms with E-state index in [9.17, 15) is 0 Å². The van der Waals surface area contributed by atoms with Gasteiger partial charge in [-0.2, -0.15) is 0 Å². The first-order chi connectivity index (χ1) is 8.45. The number of para-hydroxylation sites is 1. The van der Waals surface area contributed by atoms with E-state index in [1.54, 1.807) is 0 Å². The van der Waals surface area contributed by atoms with E-state index in [0.29, 0.717) is 17.7 Å². The smallest absolute Gasteiger partial charge is 0.0642 e. The minimum absolute atomic E-state index is 0.503. The van der Waals surface area contributed by atoms with Gasteiger partial charge in [0.15, 0.2) is 0 Å². The molecule has 0 amide bonds. The zero-order valence-electron chi connectivity index (χ0n) is 11.7. The molecule has 0 aliphatic rings. The van der Waals surface area contributed by atoms with Gasteiger partial charge in [0.2, 0.25) is 0 Å². The standard InChI is InChI=1S/C15H23Cl2N/c1-11(2)9-18(10-12(3)4)15-13(8-16)6-5-7-14(15)17/h5-7,11-12H,8-10H2,1-4H3. The second-order valence-corrected chi connectivity index (χ2v) is 6.25. The van der Waals surface area contributed by atoms with Crippen LogP contribution in [0, 0.1) is 11.8 Å². The van der Waals surface area contributed by atoms with Crippen LogP contribution < -0.4 is 4.90 Å². The average Bonchev–Trinajstić information content (AvgIpc) is 2.26. The highest BCUT2D eigenvalue weighted by molar-refractivity contribution is 6.33. The highest BCUT2D eigenvalue weighted by Gasteiger charge is 2.16. The summed E-state index contributed by atoms with van der Waals surface area (Å²) in [6, 6.07) is 5.97. The molecule has 0 N–H and O–H groups in total. The van der Waals surface area contributed by atoms with Crippen LogP contribution in [-0.2, 0) is 5.88 Å². The Morgan fingerprint density at radius 1 is 1.06 bits per heavy atom. The van der Waals surface area contributed by atoms with E-state index in [1.807, 2.05) is 12.1 Å². The van der Waals surface area contributed by atoms with Gasteiger partial charge in [0.25, 0.3) is 0 Å². The van der Waals surface area contributed by atoms with Gasteiger partial charge >= 0.3 is 0 Å². The van der Waals surface area contributed by atoms with Crippen molar-refractivity contribution in [2.45, 2.75) is 33.6 Å². The maximum Gasteiger partial charge on any atom is 0.0642 e. The second kappa shape index (κ2) is 7.25. The maximum atomic E-state index is 6.37. The SMILES string of the molecule is CC(C)CN(CC(C)C)c1c(Cl)cccc1CCl. The van der Waals surface area contributed by atoms with Crippen LogP contribution in [0.5, 0.6) is 0 Å². The number of rotatable bonds is 6. The van der Waals surface area contributed by atoms with Crippen LogP contribution >= 0.6 is 23.2 Å². The molecule has 0 heterocycles. The third kappa shape index (κ3) is 4.37. The van der Waals surface area contributed by atoms with E-state index in [-0.39, 0.29) is 0 Å². The molecule has 0 spiro atoms. The highest BCUT2D eigenvalue weighted by atomic mass is 35.5. The molecule has 1 aromatic carbocycles. The lowest BCUT2D eigenvalue weighted by Crippen LogP contribution is -2.32. The van der Waals surface area contributed by atoms with E-state index in [2.05, 4.69) is 38.7 Å². The van der Waals surface area contributed by atoms with Crippen LogP contribution in [0.3, 0.4) is 0 Å². The summed E-state index contributed by atoms with van der Waals surface area (Å²) >= 11 is 12.4. The molecular weight excluding hydrogens is 265 g/mol. The van der Waals surface area contributed by atoms with Crippen molar-refractivity contribution < 1.29 is 0 Å².